The van der Waals surface area contributed by atoms with E-state index in [0.29, 0.717) is 11.7 Å². The molecule has 0 N–H and O–H groups in total. The predicted molar refractivity (Wildman–Crippen MR) is 60.4 cm³/mol. The van der Waals surface area contributed by atoms with Gasteiger partial charge in [0.05, 0.1) is 0 Å². The number of fused-ring (bicyclic) bond motifs is 5. The summed E-state index contributed by atoms with van der Waals surface area (Å²) in [5, 5.41) is 0. The molecule has 0 amide bonds. The zero-order valence-corrected chi connectivity index (χ0v) is 9.91. The number of Topliss-reactive ketones (excluding diaryl/α,β-unsaturated/α-hetero) is 1. The van der Waals surface area contributed by atoms with Crippen LogP contribution in [0.3, 0.4) is 0 Å². The lowest BCUT2D eigenvalue weighted by Crippen LogP contribution is -2.35. The summed E-state index contributed by atoms with van der Waals surface area (Å²) in [5.74, 6) is 5.45. The van der Waals surface area contributed by atoms with E-state index in [-0.39, 0.29) is 0 Å². The largest absolute Gasteiger partial charge is 0.300 e. The zero-order chi connectivity index (χ0) is 10.6. The Balaban J connectivity index is 1.80. The first kappa shape index (κ1) is 9.86. The molecule has 3 aliphatic rings. The van der Waals surface area contributed by atoms with Crippen molar-refractivity contribution in [1.29, 1.82) is 0 Å². The van der Waals surface area contributed by atoms with Gasteiger partial charge in [-0.2, -0.15) is 0 Å². The van der Waals surface area contributed by atoms with Gasteiger partial charge in [-0.3, -0.25) is 4.79 Å². The lowest BCUT2D eigenvalue weighted by Gasteiger charge is -2.40. The molecular weight excluding hydrogens is 184 g/mol. The molecule has 3 saturated carbocycles. The van der Waals surface area contributed by atoms with Crippen LogP contribution in [0.2, 0.25) is 0 Å². The highest BCUT2D eigenvalue weighted by Crippen LogP contribution is 2.60. The van der Waals surface area contributed by atoms with Crippen LogP contribution in [-0.4, -0.2) is 5.78 Å². The molecule has 3 fully saturated rings. The highest BCUT2D eigenvalue weighted by atomic mass is 16.1. The maximum atomic E-state index is 11.6. The van der Waals surface area contributed by atoms with Gasteiger partial charge < -0.3 is 0 Å². The van der Waals surface area contributed by atoms with Crippen LogP contribution in [0.15, 0.2) is 0 Å². The van der Waals surface area contributed by atoms with Crippen molar-refractivity contribution in [2.24, 2.45) is 35.5 Å². The summed E-state index contributed by atoms with van der Waals surface area (Å²) in [6.45, 7) is 4.21. The number of carbonyl (C=O) groups is 1. The molecular formula is C14H22O. The normalized spacial score (nSPS) is 52.9. The fraction of sp³-hybridized carbons (Fsp3) is 0.929. The second-order valence-electron chi connectivity index (χ2n) is 6.36. The summed E-state index contributed by atoms with van der Waals surface area (Å²) in [4.78, 5) is 11.6. The first-order valence-corrected chi connectivity index (χ1v) is 6.67. The van der Waals surface area contributed by atoms with Gasteiger partial charge in [-0.25, -0.2) is 0 Å². The first-order chi connectivity index (χ1) is 7.16. The van der Waals surface area contributed by atoms with Crippen molar-refractivity contribution >= 4 is 5.78 Å². The van der Waals surface area contributed by atoms with Crippen LogP contribution in [0, 0.1) is 35.5 Å². The molecule has 15 heavy (non-hydrogen) atoms. The standard InChI is InChI=1S/C14H22O/c1-8-3-4-11-10-6-12(9(2)15)14(7-10)13(11)5-8/h8,10-14H,3-7H2,1-2H3. The van der Waals surface area contributed by atoms with Crippen molar-refractivity contribution in [2.45, 2.75) is 46.0 Å². The van der Waals surface area contributed by atoms with E-state index in [2.05, 4.69) is 6.92 Å². The quantitative estimate of drug-likeness (QED) is 0.643. The van der Waals surface area contributed by atoms with Crippen LogP contribution in [0.1, 0.15) is 46.0 Å². The lowest BCUT2D eigenvalue weighted by molar-refractivity contribution is -0.123. The number of ketones is 1. The van der Waals surface area contributed by atoms with Crippen molar-refractivity contribution in [3.05, 3.63) is 0 Å². The van der Waals surface area contributed by atoms with E-state index in [1.165, 1.54) is 32.1 Å². The van der Waals surface area contributed by atoms with Gasteiger partial charge in [-0.1, -0.05) is 13.3 Å². The molecule has 1 nitrogen and oxygen atoms in total. The Morgan fingerprint density at radius 2 is 1.80 bits per heavy atom. The minimum Gasteiger partial charge on any atom is -0.300 e. The van der Waals surface area contributed by atoms with Crippen molar-refractivity contribution in [2.75, 3.05) is 0 Å². The third-order valence-electron chi connectivity index (χ3n) is 5.54. The molecule has 0 aromatic rings. The molecule has 3 aliphatic carbocycles. The van der Waals surface area contributed by atoms with Gasteiger partial charge in [-0.05, 0) is 62.2 Å². The second-order valence-corrected chi connectivity index (χ2v) is 6.36. The SMILES string of the molecule is CC(=O)C1CC2CC1C1CC(C)CCC21. The molecule has 1 heteroatoms. The number of carbonyl (C=O) groups excluding carboxylic acids is 1. The molecule has 0 aliphatic heterocycles. The predicted octanol–water partition coefficient (Wildman–Crippen LogP) is 3.28. The van der Waals surface area contributed by atoms with Crippen LogP contribution in [-0.2, 0) is 4.79 Å². The van der Waals surface area contributed by atoms with E-state index in [1.807, 2.05) is 6.92 Å². The number of hydrogen-bond acceptors (Lipinski definition) is 1. The summed E-state index contributed by atoms with van der Waals surface area (Å²) in [6, 6.07) is 0. The lowest BCUT2D eigenvalue weighted by atomic mass is 9.64. The molecule has 0 radical (unpaired) electrons. The van der Waals surface area contributed by atoms with Gasteiger partial charge in [0, 0.05) is 5.92 Å². The zero-order valence-electron chi connectivity index (χ0n) is 9.91. The molecule has 6 unspecified atom stereocenters. The van der Waals surface area contributed by atoms with Crippen LogP contribution >= 0.6 is 0 Å². The summed E-state index contributed by atoms with van der Waals surface area (Å²) >= 11 is 0. The minimum atomic E-state index is 0.446. The van der Waals surface area contributed by atoms with Crippen molar-refractivity contribution in [3.63, 3.8) is 0 Å². The highest BCUT2D eigenvalue weighted by molar-refractivity contribution is 5.79. The maximum absolute atomic E-state index is 11.6. The maximum Gasteiger partial charge on any atom is 0.133 e. The molecule has 6 atom stereocenters. The van der Waals surface area contributed by atoms with E-state index in [9.17, 15) is 4.79 Å². The Labute approximate surface area is 92.6 Å². The Morgan fingerprint density at radius 1 is 1.00 bits per heavy atom. The minimum absolute atomic E-state index is 0.446. The number of hydrogen-bond donors (Lipinski definition) is 0. The van der Waals surface area contributed by atoms with E-state index >= 15 is 0 Å². The third-order valence-corrected chi connectivity index (χ3v) is 5.54. The van der Waals surface area contributed by atoms with Crippen molar-refractivity contribution in [3.8, 4) is 0 Å². The van der Waals surface area contributed by atoms with Gasteiger partial charge in [0.2, 0.25) is 0 Å². The highest BCUT2D eigenvalue weighted by Gasteiger charge is 2.54. The van der Waals surface area contributed by atoms with Gasteiger partial charge in [0.15, 0.2) is 0 Å². The van der Waals surface area contributed by atoms with E-state index in [0.717, 1.165) is 29.6 Å². The van der Waals surface area contributed by atoms with Gasteiger partial charge >= 0.3 is 0 Å². The molecule has 84 valence electrons. The molecule has 0 aromatic carbocycles. The topological polar surface area (TPSA) is 17.1 Å². The smallest absolute Gasteiger partial charge is 0.133 e. The summed E-state index contributed by atoms with van der Waals surface area (Å²) in [6.07, 6.45) is 6.92. The van der Waals surface area contributed by atoms with Crippen molar-refractivity contribution in [1.82, 2.24) is 0 Å². The average molecular weight is 206 g/mol. The molecule has 2 bridgehead atoms. The Kier molecular flexibility index (Phi) is 2.19. The van der Waals surface area contributed by atoms with E-state index in [4.69, 9.17) is 0 Å². The summed E-state index contributed by atoms with van der Waals surface area (Å²) < 4.78 is 0. The van der Waals surface area contributed by atoms with E-state index < -0.39 is 0 Å². The Bertz CT molecular complexity index is 283. The molecule has 0 aromatic heterocycles. The molecule has 0 spiro atoms. The van der Waals surface area contributed by atoms with Crippen LogP contribution in [0.5, 0.6) is 0 Å². The Hall–Kier alpha value is -0.330. The molecule has 0 saturated heterocycles. The van der Waals surface area contributed by atoms with Gasteiger partial charge in [0.1, 0.15) is 5.78 Å². The molecule has 0 heterocycles. The molecule has 3 rings (SSSR count). The fourth-order valence-corrected chi connectivity index (χ4v) is 4.93. The van der Waals surface area contributed by atoms with E-state index in [1.54, 1.807) is 0 Å². The monoisotopic (exact) mass is 206 g/mol. The third kappa shape index (κ3) is 1.38. The fourth-order valence-electron chi connectivity index (χ4n) is 4.93. The summed E-state index contributed by atoms with van der Waals surface area (Å²) in [7, 11) is 0. The summed E-state index contributed by atoms with van der Waals surface area (Å²) in [5.41, 5.74) is 0. The van der Waals surface area contributed by atoms with Crippen molar-refractivity contribution < 1.29 is 4.79 Å². The van der Waals surface area contributed by atoms with Crippen LogP contribution in [0.4, 0.5) is 0 Å². The van der Waals surface area contributed by atoms with Crippen LogP contribution < -0.4 is 0 Å². The average Bonchev–Trinajstić information content (AvgIpc) is 2.74. The number of rotatable bonds is 1. The van der Waals surface area contributed by atoms with Gasteiger partial charge in [-0.15, -0.1) is 0 Å². The van der Waals surface area contributed by atoms with Gasteiger partial charge in [0.25, 0.3) is 0 Å². The second kappa shape index (κ2) is 3.33. The van der Waals surface area contributed by atoms with Crippen LogP contribution in [0.25, 0.3) is 0 Å². The first-order valence-electron chi connectivity index (χ1n) is 6.67. The Morgan fingerprint density at radius 3 is 2.53 bits per heavy atom.